The van der Waals surface area contributed by atoms with Gasteiger partial charge in [-0.15, -0.1) is 0 Å². The number of hydrogen-bond acceptors (Lipinski definition) is 2. The molecule has 0 saturated carbocycles. The number of nitrogens with two attached hydrogens (primary N) is 1. The predicted octanol–water partition coefficient (Wildman–Crippen LogP) is 2.08. The third-order valence-corrected chi connectivity index (χ3v) is 3.00. The van der Waals surface area contributed by atoms with Gasteiger partial charge >= 0.3 is 12.2 Å². The first-order valence-electron chi connectivity index (χ1n) is 5.89. The maximum Gasteiger partial charge on any atom is 0.416 e. The molecule has 0 unspecified atom stereocenters. The van der Waals surface area contributed by atoms with Gasteiger partial charge in [-0.2, -0.15) is 13.2 Å². The minimum absolute atomic E-state index is 0.0525. The number of anilines is 1. The van der Waals surface area contributed by atoms with E-state index in [0.717, 1.165) is 18.6 Å². The van der Waals surface area contributed by atoms with Gasteiger partial charge in [0.1, 0.15) is 0 Å². The number of halogens is 3. The number of rotatable bonds is 2. The summed E-state index contributed by atoms with van der Waals surface area (Å²) >= 11 is 0. The number of amides is 2. The summed E-state index contributed by atoms with van der Waals surface area (Å²) in [6.45, 7) is 1.00. The number of nitrogens with zero attached hydrogens (tertiary/aromatic N) is 1. The van der Waals surface area contributed by atoms with Crippen molar-refractivity contribution in [2.45, 2.75) is 19.1 Å². The molecule has 7 heteroatoms. The van der Waals surface area contributed by atoms with Gasteiger partial charge in [0, 0.05) is 25.3 Å². The van der Waals surface area contributed by atoms with Crippen LogP contribution in [0.15, 0.2) is 18.2 Å². The zero-order valence-corrected chi connectivity index (χ0v) is 10.1. The van der Waals surface area contributed by atoms with Crippen molar-refractivity contribution in [3.8, 4) is 0 Å². The number of carbonyl (C=O) groups excluding carboxylic acids is 1. The highest BCUT2D eigenvalue weighted by Crippen LogP contribution is 2.33. The van der Waals surface area contributed by atoms with Crippen LogP contribution in [0.1, 0.15) is 17.5 Å². The number of hydrogen-bond donors (Lipinski definition) is 2. The molecule has 0 spiro atoms. The first-order chi connectivity index (χ1) is 8.93. The zero-order valence-electron chi connectivity index (χ0n) is 10.1. The molecule has 0 bridgehead atoms. The van der Waals surface area contributed by atoms with Gasteiger partial charge in [-0.3, -0.25) is 4.90 Å². The van der Waals surface area contributed by atoms with E-state index in [0.29, 0.717) is 24.3 Å². The van der Waals surface area contributed by atoms with Crippen LogP contribution in [0.3, 0.4) is 0 Å². The second kappa shape index (κ2) is 5.08. The molecule has 1 saturated heterocycles. The average molecular weight is 273 g/mol. The van der Waals surface area contributed by atoms with Gasteiger partial charge in [0.25, 0.3) is 0 Å². The van der Waals surface area contributed by atoms with E-state index >= 15 is 0 Å². The quantitative estimate of drug-likeness (QED) is 0.866. The molecule has 0 aromatic heterocycles. The normalized spacial score (nSPS) is 16.4. The molecule has 3 N–H and O–H groups in total. The molecule has 1 aliphatic rings. The molecule has 1 fully saturated rings. The Morgan fingerprint density at radius 3 is 2.68 bits per heavy atom. The Morgan fingerprint density at radius 2 is 2.11 bits per heavy atom. The van der Waals surface area contributed by atoms with Gasteiger partial charge in [-0.1, -0.05) is 0 Å². The van der Waals surface area contributed by atoms with Crippen molar-refractivity contribution in [1.82, 2.24) is 5.32 Å². The maximum absolute atomic E-state index is 12.6. The van der Waals surface area contributed by atoms with Crippen molar-refractivity contribution in [3.05, 3.63) is 29.3 Å². The SMILES string of the molecule is NCc1cc(C(F)(F)F)ccc1N1CCCNC1=O. The van der Waals surface area contributed by atoms with Gasteiger partial charge in [0.05, 0.1) is 5.56 Å². The monoisotopic (exact) mass is 273 g/mol. The molecule has 1 heterocycles. The molecule has 1 aromatic carbocycles. The van der Waals surface area contributed by atoms with Crippen molar-refractivity contribution >= 4 is 11.7 Å². The zero-order chi connectivity index (χ0) is 14.0. The second-order valence-corrected chi connectivity index (χ2v) is 4.28. The van der Waals surface area contributed by atoms with Crippen LogP contribution in [-0.4, -0.2) is 19.1 Å². The Labute approximate surface area is 108 Å². The lowest BCUT2D eigenvalue weighted by atomic mass is 10.1. The Hall–Kier alpha value is -1.76. The van der Waals surface area contributed by atoms with Crippen LogP contribution in [0, 0.1) is 0 Å². The van der Waals surface area contributed by atoms with Gasteiger partial charge in [0.15, 0.2) is 0 Å². The van der Waals surface area contributed by atoms with Crippen molar-refractivity contribution in [3.63, 3.8) is 0 Å². The summed E-state index contributed by atoms with van der Waals surface area (Å²) in [6, 6.07) is 2.96. The van der Waals surface area contributed by atoms with E-state index in [1.54, 1.807) is 0 Å². The molecule has 4 nitrogen and oxygen atoms in total. The summed E-state index contributed by atoms with van der Waals surface area (Å²) in [5.41, 5.74) is 5.48. The smallest absolute Gasteiger partial charge is 0.338 e. The lowest BCUT2D eigenvalue weighted by molar-refractivity contribution is -0.137. The van der Waals surface area contributed by atoms with Gasteiger partial charge in [0.2, 0.25) is 0 Å². The number of carbonyl (C=O) groups is 1. The highest BCUT2D eigenvalue weighted by atomic mass is 19.4. The summed E-state index contributed by atoms with van der Waals surface area (Å²) in [4.78, 5) is 13.1. The number of benzene rings is 1. The van der Waals surface area contributed by atoms with Gasteiger partial charge < -0.3 is 11.1 Å². The van der Waals surface area contributed by atoms with Crippen LogP contribution >= 0.6 is 0 Å². The average Bonchev–Trinajstić information content (AvgIpc) is 2.37. The Balaban J connectivity index is 2.38. The highest BCUT2D eigenvalue weighted by molar-refractivity contribution is 5.93. The summed E-state index contributed by atoms with van der Waals surface area (Å²) in [6.07, 6.45) is -3.66. The fraction of sp³-hybridized carbons (Fsp3) is 0.417. The number of nitrogens with one attached hydrogen (secondary N) is 1. The minimum atomic E-state index is -4.41. The van der Waals surface area contributed by atoms with E-state index < -0.39 is 11.7 Å². The second-order valence-electron chi connectivity index (χ2n) is 4.28. The predicted molar refractivity (Wildman–Crippen MR) is 64.7 cm³/mol. The van der Waals surface area contributed by atoms with Crippen LogP contribution in [0.5, 0.6) is 0 Å². The molecule has 1 aliphatic heterocycles. The third kappa shape index (κ3) is 2.81. The fourth-order valence-electron chi connectivity index (χ4n) is 2.05. The standard InChI is InChI=1S/C12H14F3N3O/c13-12(14,15)9-2-3-10(8(6-9)7-16)18-5-1-4-17-11(18)19/h2-3,6H,1,4-5,7,16H2,(H,17,19). The molecule has 2 amide bonds. The third-order valence-electron chi connectivity index (χ3n) is 3.00. The molecule has 104 valence electrons. The van der Waals surface area contributed by atoms with Crippen molar-refractivity contribution < 1.29 is 18.0 Å². The van der Waals surface area contributed by atoms with Crippen LogP contribution in [0.4, 0.5) is 23.7 Å². The first-order valence-corrected chi connectivity index (χ1v) is 5.89. The van der Waals surface area contributed by atoms with Crippen molar-refractivity contribution in [2.24, 2.45) is 5.73 Å². The molecule has 2 rings (SSSR count). The molecular weight excluding hydrogens is 259 g/mol. The van der Waals surface area contributed by atoms with Gasteiger partial charge in [-0.25, -0.2) is 4.79 Å². The van der Waals surface area contributed by atoms with Crippen molar-refractivity contribution in [1.29, 1.82) is 0 Å². The highest BCUT2D eigenvalue weighted by Gasteiger charge is 2.32. The number of urea groups is 1. The van der Waals surface area contributed by atoms with Crippen LogP contribution in [-0.2, 0) is 12.7 Å². The summed E-state index contributed by atoms with van der Waals surface area (Å²) in [5, 5.41) is 2.65. The first kappa shape index (κ1) is 13.7. The Morgan fingerprint density at radius 1 is 1.37 bits per heavy atom. The largest absolute Gasteiger partial charge is 0.416 e. The fourth-order valence-corrected chi connectivity index (χ4v) is 2.05. The van der Waals surface area contributed by atoms with Crippen LogP contribution in [0.2, 0.25) is 0 Å². The van der Waals surface area contributed by atoms with E-state index in [9.17, 15) is 18.0 Å². The Bertz CT molecular complexity index is 488. The van der Waals surface area contributed by atoms with E-state index in [4.69, 9.17) is 5.73 Å². The molecule has 19 heavy (non-hydrogen) atoms. The molecule has 0 atom stereocenters. The van der Waals surface area contributed by atoms with E-state index in [1.165, 1.54) is 11.0 Å². The molecule has 1 aromatic rings. The van der Waals surface area contributed by atoms with E-state index in [2.05, 4.69) is 5.32 Å². The Kier molecular flexibility index (Phi) is 3.66. The summed E-state index contributed by atoms with van der Waals surface area (Å²) in [5.74, 6) is 0. The van der Waals surface area contributed by atoms with Gasteiger partial charge in [-0.05, 0) is 30.2 Å². The molecule has 0 radical (unpaired) electrons. The lowest BCUT2D eigenvalue weighted by Crippen LogP contribution is -2.47. The minimum Gasteiger partial charge on any atom is -0.338 e. The summed E-state index contributed by atoms with van der Waals surface area (Å²) < 4.78 is 37.9. The number of alkyl halides is 3. The van der Waals surface area contributed by atoms with Crippen molar-refractivity contribution in [2.75, 3.05) is 18.0 Å². The van der Waals surface area contributed by atoms with E-state index in [-0.39, 0.29) is 12.6 Å². The van der Waals surface area contributed by atoms with E-state index in [1.807, 2.05) is 0 Å². The molecular formula is C12H14F3N3O. The topological polar surface area (TPSA) is 58.4 Å². The summed E-state index contributed by atoms with van der Waals surface area (Å²) in [7, 11) is 0. The maximum atomic E-state index is 12.6. The lowest BCUT2D eigenvalue weighted by Gasteiger charge is -2.29. The molecule has 0 aliphatic carbocycles. The van der Waals surface area contributed by atoms with Crippen LogP contribution in [0.25, 0.3) is 0 Å². The van der Waals surface area contributed by atoms with Crippen LogP contribution < -0.4 is 16.0 Å².